The maximum atomic E-state index is 12.5. The van der Waals surface area contributed by atoms with E-state index in [4.69, 9.17) is 9.47 Å². The fraction of sp³-hybridized carbons (Fsp3) is 0.571. The largest absolute Gasteiger partial charge is 0.493 e. The Morgan fingerprint density at radius 2 is 1.64 bits per heavy atom. The van der Waals surface area contributed by atoms with Crippen LogP contribution in [0.25, 0.3) is 6.08 Å². The molecule has 5 rings (SSSR count). The average Bonchev–Trinajstić information content (AvgIpc) is 2.58. The minimum Gasteiger partial charge on any atom is -0.493 e. The number of carbonyl (C=O) groups is 1. The first-order chi connectivity index (χ1) is 12.1. The molecule has 0 spiro atoms. The van der Waals surface area contributed by atoms with Crippen molar-refractivity contribution in [3.05, 3.63) is 29.8 Å². The Morgan fingerprint density at radius 1 is 1.04 bits per heavy atom. The molecule has 4 nitrogen and oxygen atoms in total. The van der Waals surface area contributed by atoms with Gasteiger partial charge in [0, 0.05) is 11.6 Å². The lowest BCUT2D eigenvalue weighted by atomic mass is 9.53. The summed E-state index contributed by atoms with van der Waals surface area (Å²) in [6.07, 6.45) is 11.2. The molecule has 4 bridgehead atoms. The molecule has 0 atom stereocenters. The van der Waals surface area contributed by atoms with Gasteiger partial charge in [-0.15, -0.1) is 0 Å². The molecule has 4 aliphatic carbocycles. The van der Waals surface area contributed by atoms with Crippen LogP contribution in [0.3, 0.4) is 0 Å². The number of carbonyl (C=O) groups excluding carboxylic acids is 1. The molecule has 0 heterocycles. The van der Waals surface area contributed by atoms with Crippen molar-refractivity contribution in [2.75, 3.05) is 14.2 Å². The third-order valence-electron chi connectivity index (χ3n) is 6.26. The summed E-state index contributed by atoms with van der Waals surface area (Å²) in [5, 5.41) is 3.36. The van der Waals surface area contributed by atoms with E-state index in [1.54, 1.807) is 20.3 Å². The van der Waals surface area contributed by atoms with Gasteiger partial charge in [-0.3, -0.25) is 4.79 Å². The number of rotatable bonds is 5. The van der Waals surface area contributed by atoms with Gasteiger partial charge < -0.3 is 14.8 Å². The molecule has 1 N–H and O–H groups in total. The van der Waals surface area contributed by atoms with Crippen molar-refractivity contribution in [3.63, 3.8) is 0 Å². The van der Waals surface area contributed by atoms with Gasteiger partial charge in [0.05, 0.1) is 14.2 Å². The number of methoxy groups -OCH3 is 2. The van der Waals surface area contributed by atoms with E-state index in [-0.39, 0.29) is 11.4 Å². The third-order valence-corrected chi connectivity index (χ3v) is 6.26. The topological polar surface area (TPSA) is 47.6 Å². The molecular weight excluding hydrogens is 314 g/mol. The molecule has 134 valence electrons. The quantitative estimate of drug-likeness (QED) is 0.829. The van der Waals surface area contributed by atoms with E-state index < -0.39 is 0 Å². The van der Waals surface area contributed by atoms with E-state index in [1.165, 1.54) is 38.5 Å². The number of hydrogen-bond donors (Lipinski definition) is 1. The molecule has 1 amide bonds. The standard InChI is InChI=1S/C21H27NO3/c1-24-18-5-3-14(10-19(18)25-2)4-6-20(23)22-21-11-15-7-16(12-21)9-17(8-15)13-21/h3-6,10,15-17H,7-9,11-13H2,1-2H3,(H,22,23)/b6-4+. The van der Waals surface area contributed by atoms with Crippen molar-refractivity contribution in [1.29, 1.82) is 0 Å². The molecule has 0 aromatic heterocycles. The highest BCUT2D eigenvalue weighted by molar-refractivity contribution is 5.92. The molecule has 0 saturated heterocycles. The fourth-order valence-electron chi connectivity index (χ4n) is 5.70. The highest BCUT2D eigenvalue weighted by Gasteiger charge is 2.51. The predicted octanol–water partition coefficient (Wildman–Crippen LogP) is 3.80. The maximum Gasteiger partial charge on any atom is 0.244 e. The minimum atomic E-state index is 0.0248. The Balaban J connectivity index is 1.43. The van der Waals surface area contributed by atoms with Crippen LogP contribution in [0.15, 0.2) is 24.3 Å². The zero-order chi connectivity index (χ0) is 17.4. The van der Waals surface area contributed by atoms with Gasteiger partial charge in [-0.1, -0.05) is 6.07 Å². The van der Waals surface area contributed by atoms with Gasteiger partial charge >= 0.3 is 0 Å². The van der Waals surface area contributed by atoms with E-state index in [0.717, 1.165) is 23.3 Å². The maximum absolute atomic E-state index is 12.5. The van der Waals surface area contributed by atoms with E-state index >= 15 is 0 Å². The molecule has 1 aromatic carbocycles. The Hall–Kier alpha value is -1.97. The van der Waals surface area contributed by atoms with Gasteiger partial charge in [-0.2, -0.15) is 0 Å². The SMILES string of the molecule is COc1ccc(/C=C/C(=O)NC23CC4CC(CC(C4)C2)C3)cc1OC. The molecular formula is C21H27NO3. The van der Waals surface area contributed by atoms with E-state index in [1.807, 2.05) is 24.3 Å². The lowest BCUT2D eigenvalue weighted by Crippen LogP contribution is -2.59. The Kier molecular flexibility index (Phi) is 4.22. The van der Waals surface area contributed by atoms with Crippen molar-refractivity contribution >= 4 is 12.0 Å². The van der Waals surface area contributed by atoms with Crippen molar-refractivity contribution < 1.29 is 14.3 Å². The number of nitrogens with one attached hydrogen (secondary N) is 1. The normalized spacial score (nSPS) is 32.8. The molecule has 4 aliphatic rings. The second-order valence-corrected chi connectivity index (χ2v) is 8.13. The van der Waals surface area contributed by atoms with Crippen LogP contribution in [-0.4, -0.2) is 25.7 Å². The van der Waals surface area contributed by atoms with Crippen molar-refractivity contribution in [2.24, 2.45) is 17.8 Å². The highest BCUT2D eigenvalue weighted by Crippen LogP contribution is 2.55. The van der Waals surface area contributed by atoms with E-state index in [9.17, 15) is 4.79 Å². The summed E-state index contributed by atoms with van der Waals surface area (Å²) in [7, 11) is 3.23. The molecule has 0 aliphatic heterocycles. The number of benzene rings is 1. The fourth-order valence-corrected chi connectivity index (χ4v) is 5.70. The number of hydrogen-bond acceptors (Lipinski definition) is 3. The average molecular weight is 341 g/mol. The summed E-state index contributed by atoms with van der Waals surface area (Å²) in [5.41, 5.74) is 0.992. The lowest BCUT2D eigenvalue weighted by Gasteiger charge is -2.56. The smallest absolute Gasteiger partial charge is 0.244 e. The first kappa shape index (κ1) is 16.5. The zero-order valence-electron chi connectivity index (χ0n) is 15.1. The molecule has 0 radical (unpaired) electrons. The van der Waals surface area contributed by atoms with Gasteiger partial charge in [-0.25, -0.2) is 0 Å². The molecule has 4 saturated carbocycles. The summed E-state index contributed by atoms with van der Waals surface area (Å²) in [6.45, 7) is 0. The van der Waals surface area contributed by atoms with Gasteiger partial charge in [0.25, 0.3) is 0 Å². The van der Waals surface area contributed by atoms with Crippen molar-refractivity contribution in [2.45, 2.75) is 44.1 Å². The molecule has 4 fully saturated rings. The van der Waals surface area contributed by atoms with E-state index in [2.05, 4.69) is 5.32 Å². The first-order valence-corrected chi connectivity index (χ1v) is 9.31. The van der Waals surface area contributed by atoms with Crippen LogP contribution in [0.4, 0.5) is 0 Å². The van der Waals surface area contributed by atoms with Gasteiger partial charge in [0.1, 0.15) is 0 Å². The Labute approximate surface area is 149 Å². The van der Waals surface area contributed by atoms with Crippen LogP contribution >= 0.6 is 0 Å². The zero-order valence-corrected chi connectivity index (χ0v) is 15.1. The lowest BCUT2D eigenvalue weighted by molar-refractivity contribution is -0.122. The van der Waals surface area contributed by atoms with Gasteiger partial charge in [-0.05, 0) is 80.1 Å². The molecule has 25 heavy (non-hydrogen) atoms. The van der Waals surface area contributed by atoms with Crippen molar-refractivity contribution in [1.82, 2.24) is 5.32 Å². The summed E-state index contributed by atoms with van der Waals surface area (Å²) in [5.74, 6) is 3.89. The Bertz CT molecular complexity index is 659. The van der Waals surface area contributed by atoms with Gasteiger partial charge in [0.15, 0.2) is 11.5 Å². The van der Waals surface area contributed by atoms with Crippen LogP contribution in [0.5, 0.6) is 11.5 Å². The van der Waals surface area contributed by atoms with Crippen LogP contribution < -0.4 is 14.8 Å². The highest BCUT2D eigenvalue weighted by atomic mass is 16.5. The third kappa shape index (κ3) is 3.26. The second kappa shape index (κ2) is 6.40. The van der Waals surface area contributed by atoms with Crippen LogP contribution in [0.2, 0.25) is 0 Å². The summed E-state index contributed by atoms with van der Waals surface area (Å²) in [6, 6.07) is 5.67. The van der Waals surface area contributed by atoms with E-state index in [0.29, 0.717) is 11.5 Å². The number of ether oxygens (including phenoxy) is 2. The molecule has 1 aromatic rings. The van der Waals surface area contributed by atoms with Crippen LogP contribution in [0.1, 0.15) is 44.1 Å². The number of amides is 1. The summed E-state index contributed by atoms with van der Waals surface area (Å²) >= 11 is 0. The Morgan fingerprint density at radius 3 is 2.20 bits per heavy atom. The summed E-state index contributed by atoms with van der Waals surface area (Å²) in [4.78, 5) is 12.5. The molecule has 4 heteroatoms. The molecule has 0 unspecified atom stereocenters. The van der Waals surface area contributed by atoms with Crippen molar-refractivity contribution in [3.8, 4) is 11.5 Å². The predicted molar refractivity (Wildman–Crippen MR) is 97.6 cm³/mol. The van der Waals surface area contributed by atoms with Crippen LogP contribution in [0, 0.1) is 17.8 Å². The van der Waals surface area contributed by atoms with Crippen LogP contribution in [-0.2, 0) is 4.79 Å². The van der Waals surface area contributed by atoms with Gasteiger partial charge in [0.2, 0.25) is 5.91 Å². The first-order valence-electron chi connectivity index (χ1n) is 9.31. The minimum absolute atomic E-state index is 0.0248. The second-order valence-electron chi connectivity index (χ2n) is 8.13. The summed E-state index contributed by atoms with van der Waals surface area (Å²) < 4.78 is 10.6. The monoisotopic (exact) mass is 341 g/mol.